The molecule has 2 N–H and O–H groups in total. The number of hydrogen-bond acceptors (Lipinski definition) is 3. The van der Waals surface area contributed by atoms with Crippen molar-refractivity contribution in [2.75, 3.05) is 13.1 Å². The van der Waals surface area contributed by atoms with E-state index in [0.29, 0.717) is 13.1 Å². The van der Waals surface area contributed by atoms with E-state index in [1.165, 1.54) is 11.8 Å². The topological polar surface area (TPSA) is 71.6 Å². The minimum atomic E-state index is -0.753. The highest BCUT2D eigenvalue weighted by Crippen LogP contribution is 2.21. The molecule has 1 aliphatic heterocycles. The molecule has 0 saturated carbocycles. The van der Waals surface area contributed by atoms with Crippen molar-refractivity contribution in [1.29, 1.82) is 0 Å². The molecule has 0 aromatic carbocycles. The lowest BCUT2D eigenvalue weighted by Crippen LogP contribution is -2.71. The SMILES string of the molecule is CC=[NH+]CCN1C(=O)CC(C(C)O)C1=O. The third kappa shape index (κ3) is 2.62. The standard InChI is InChI=1S/C10H16N2O3/c1-3-11-4-5-12-9(14)6-8(7(2)13)10(12)15/h3,7-8,13H,4-6H2,1-2H3/p+1. The van der Waals surface area contributed by atoms with Crippen molar-refractivity contribution in [1.82, 2.24) is 4.90 Å². The van der Waals surface area contributed by atoms with Gasteiger partial charge in [-0.2, -0.15) is 0 Å². The smallest absolute Gasteiger partial charge is 0.235 e. The van der Waals surface area contributed by atoms with Gasteiger partial charge >= 0.3 is 0 Å². The van der Waals surface area contributed by atoms with E-state index in [1.54, 1.807) is 6.21 Å². The van der Waals surface area contributed by atoms with E-state index in [1.807, 2.05) is 6.92 Å². The highest BCUT2D eigenvalue weighted by atomic mass is 16.3. The Morgan fingerprint density at radius 1 is 1.67 bits per heavy atom. The van der Waals surface area contributed by atoms with Crippen molar-refractivity contribution in [2.45, 2.75) is 26.4 Å². The summed E-state index contributed by atoms with van der Waals surface area (Å²) in [4.78, 5) is 27.3. The Bertz CT molecular complexity index is 286. The van der Waals surface area contributed by atoms with Crippen LogP contribution in [0.3, 0.4) is 0 Å². The highest BCUT2D eigenvalue weighted by molar-refractivity contribution is 6.03. The minimum Gasteiger partial charge on any atom is -0.393 e. The Kier molecular flexibility index (Phi) is 3.96. The molecule has 0 aliphatic carbocycles. The molecule has 1 fully saturated rings. The summed E-state index contributed by atoms with van der Waals surface area (Å²) >= 11 is 0. The van der Waals surface area contributed by atoms with Crippen LogP contribution in [0.1, 0.15) is 20.3 Å². The van der Waals surface area contributed by atoms with Gasteiger partial charge in [-0.1, -0.05) is 0 Å². The Balaban J connectivity index is 2.59. The Hall–Kier alpha value is -1.23. The van der Waals surface area contributed by atoms with Gasteiger partial charge in [0, 0.05) is 13.3 Å². The van der Waals surface area contributed by atoms with Gasteiger partial charge in [-0.05, 0) is 6.92 Å². The maximum Gasteiger partial charge on any atom is 0.235 e. The number of nitrogens with one attached hydrogen (secondary N) is 1. The molecular weight excluding hydrogens is 196 g/mol. The minimum absolute atomic E-state index is 0.131. The highest BCUT2D eigenvalue weighted by Gasteiger charge is 2.40. The van der Waals surface area contributed by atoms with Crippen LogP contribution in [0.25, 0.3) is 0 Å². The number of aliphatic hydroxyl groups excluding tert-OH is 1. The van der Waals surface area contributed by atoms with Crippen molar-refractivity contribution < 1.29 is 19.7 Å². The average Bonchev–Trinajstić information content (AvgIpc) is 2.45. The molecule has 0 spiro atoms. The van der Waals surface area contributed by atoms with Crippen LogP contribution in [-0.2, 0) is 9.59 Å². The molecule has 0 radical (unpaired) electrons. The maximum absolute atomic E-state index is 11.7. The van der Waals surface area contributed by atoms with Gasteiger partial charge in [0.25, 0.3) is 0 Å². The first-order valence-corrected chi connectivity index (χ1v) is 5.11. The predicted octanol–water partition coefficient (Wildman–Crippen LogP) is -2.09. The van der Waals surface area contributed by atoms with Crippen molar-refractivity contribution in [3.8, 4) is 0 Å². The first-order valence-electron chi connectivity index (χ1n) is 5.11. The second-order valence-corrected chi connectivity index (χ2v) is 3.68. The second kappa shape index (κ2) is 5.02. The molecule has 2 atom stereocenters. The fraction of sp³-hybridized carbons (Fsp3) is 0.700. The van der Waals surface area contributed by atoms with Gasteiger partial charge in [0.15, 0.2) is 6.54 Å². The zero-order valence-corrected chi connectivity index (χ0v) is 9.06. The van der Waals surface area contributed by atoms with Crippen LogP contribution in [0.4, 0.5) is 0 Å². The number of imide groups is 1. The first kappa shape index (κ1) is 11.8. The van der Waals surface area contributed by atoms with Gasteiger partial charge in [0.2, 0.25) is 11.8 Å². The summed E-state index contributed by atoms with van der Waals surface area (Å²) in [5.41, 5.74) is 0. The van der Waals surface area contributed by atoms with E-state index in [9.17, 15) is 14.7 Å². The van der Waals surface area contributed by atoms with Gasteiger partial charge in [0.05, 0.1) is 18.6 Å². The molecule has 15 heavy (non-hydrogen) atoms. The van der Waals surface area contributed by atoms with Crippen LogP contribution in [0.5, 0.6) is 0 Å². The molecule has 2 unspecified atom stereocenters. The number of carbonyl (C=O) groups excluding carboxylic acids is 2. The third-order valence-electron chi connectivity index (χ3n) is 2.55. The zero-order chi connectivity index (χ0) is 11.4. The monoisotopic (exact) mass is 213 g/mol. The molecule has 0 aromatic heterocycles. The number of hydrogen-bond donors (Lipinski definition) is 2. The van der Waals surface area contributed by atoms with Crippen molar-refractivity contribution in [3.05, 3.63) is 0 Å². The maximum atomic E-state index is 11.7. The fourth-order valence-electron chi connectivity index (χ4n) is 1.64. The molecule has 0 bridgehead atoms. The zero-order valence-electron chi connectivity index (χ0n) is 9.06. The summed E-state index contributed by atoms with van der Waals surface area (Å²) in [5.74, 6) is -1.00. The van der Waals surface area contributed by atoms with Gasteiger partial charge in [-0.15, -0.1) is 0 Å². The van der Waals surface area contributed by atoms with E-state index in [2.05, 4.69) is 4.99 Å². The molecule has 5 heteroatoms. The molecule has 2 amide bonds. The summed E-state index contributed by atoms with van der Waals surface area (Å²) in [7, 11) is 0. The molecule has 1 rings (SSSR count). The van der Waals surface area contributed by atoms with Gasteiger partial charge in [0.1, 0.15) is 6.21 Å². The number of amides is 2. The summed E-state index contributed by atoms with van der Waals surface area (Å²) in [6, 6.07) is 0. The second-order valence-electron chi connectivity index (χ2n) is 3.68. The summed E-state index contributed by atoms with van der Waals surface area (Å²) in [5, 5.41) is 9.31. The average molecular weight is 213 g/mol. The van der Waals surface area contributed by atoms with Gasteiger partial charge in [-0.3, -0.25) is 19.5 Å². The molecular formula is C10H17N2O3+. The van der Waals surface area contributed by atoms with Crippen molar-refractivity contribution in [2.24, 2.45) is 5.92 Å². The van der Waals surface area contributed by atoms with Crippen molar-refractivity contribution in [3.63, 3.8) is 0 Å². The molecule has 84 valence electrons. The van der Waals surface area contributed by atoms with Crippen LogP contribution in [0.2, 0.25) is 0 Å². The summed E-state index contributed by atoms with van der Waals surface area (Å²) in [6.45, 7) is 4.30. The lowest BCUT2D eigenvalue weighted by molar-refractivity contribution is -0.451. The summed E-state index contributed by atoms with van der Waals surface area (Å²) < 4.78 is 0. The van der Waals surface area contributed by atoms with E-state index in [4.69, 9.17) is 0 Å². The predicted molar refractivity (Wildman–Crippen MR) is 54.1 cm³/mol. The normalized spacial score (nSPS) is 24.2. The van der Waals surface area contributed by atoms with E-state index < -0.39 is 12.0 Å². The number of aliphatic hydroxyl groups is 1. The number of rotatable bonds is 4. The molecule has 0 aromatic rings. The van der Waals surface area contributed by atoms with Gasteiger partial charge in [-0.25, -0.2) is 0 Å². The van der Waals surface area contributed by atoms with Crippen molar-refractivity contribution >= 4 is 18.0 Å². The Labute approximate surface area is 88.8 Å². The first-order chi connectivity index (χ1) is 7.07. The number of carbonyl (C=O) groups is 2. The van der Waals surface area contributed by atoms with Crippen LogP contribution < -0.4 is 4.99 Å². The Morgan fingerprint density at radius 2 is 2.33 bits per heavy atom. The Morgan fingerprint density at radius 3 is 2.80 bits per heavy atom. The van der Waals surface area contributed by atoms with Gasteiger partial charge < -0.3 is 5.11 Å². The van der Waals surface area contributed by atoms with Crippen LogP contribution in [0, 0.1) is 5.92 Å². The quantitative estimate of drug-likeness (QED) is 0.415. The third-order valence-corrected chi connectivity index (χ3v) is 2.55. The molecule has 1 saturated heterocycles. The van der Waals surface area contributed by atoms with E-state index in [0.717, 1.165) is 0 Å². The molecule has 5 nitrogen and oxygen atoms in total. The molecule has 1 heterocycles. The molecule has 1 aliphatic rings. The lowest BCUT2D eigenvalue weighted by Gasteiger charge is -2.13. The van der Waals surface area contributed by atoms with Crippen LogP contribution in [0.15, 0.2) is 0 Å². The number of nitrogens with zero attached hydrogens (tertiary/aromatic N) is 1. The van der Waals surface area contributed by atoms with Crippen LogP contribution in [-0.4, -0.2) is 47.2 Å². The fourth-order valence-corrected chi connectivity index (χ4v) is 1.64. The van der Waals surface area contributed by atoms with Crippen LogP contribution >= 0.6 is 0 Å². The largest absolute Gasteiger partial charge is 0.393 e. The van der Waals surface area contributed by atoms with E-state index >= 15 is 0 Å². The number of likely N-dealkylation sites (tertiary alicyclic amines) is 1. The summed E-state index contributed by atoms with van der Waals surface area (Å²) in [6.07, 6.45) is 1.14. The van der Waals surface area contributed by atoms with E-state index in [-0.39, 0.29) is 18.2 Å². The lowest BCUT2D eigenvalue weighted by atomic mass is 10.0.